The minimum atomic E-state index is -0.541. The fraction of sp³-hybridized carbons (Fsp3) is 0.278. The van der Waals surface area contributed by atoms with Crippen molar-refractivity contribution in [2.45, 2.75) is 12.8 Å². The summed E-state index contributed by atoms with van der Waals surface area (Å²) in [5, 5.41) is 13.6. The van der Waals surface area contributed by atoms with Crippen LogP contribution in [0.1, 0.15) is 12.0 Å². The lowest BCUT2D eigenvalue weighted by molar-refractivity contribution is -0.385. The number of hydrogen-bond donors (Lipinski definition) is 1. The molecule has 0 spiro atoms. The summed E-state index contributed by atoms with van der Waals surface area (Å²) < 4.78 is 11.3. The number of methoxy groups -OCH3 is 1. The number of benzene rings is 2. The minimum absolute atomic E-state index is 0.0851. The van der Waals surface area contributed by atoms with Crippen molar-refractivity contribution in [3.63, 3.8) is 0 Å². The quantitative estimate of drug-likeness (QED) is 0.379. The second-order valence-electron chi connectivity index (χ2n) is 5.46. The Morgan fingerprint density at radius 3 is 2.77 bits per heavy atom. The van der Waals surface area contributed by atoms with Crippen molar-refractivity contribution in [2.24, 2.45) is 0 Å². The molecule has 0 heterocycles. The molecule has 0 unspecified atom stereocenters. The third-order valence-corrected chi connectivity index (χ3v) is 4.06. The second-order valence-corrected chi connectivity index (χ2v) is 6.38. The second kappa shape index (κ2) is 9.76. The molecule has 0 aliphatic carbocycles. The molecule has 0 bridgehead atoms. The van der Waals surface area contributed by atoms with Crippen molar-refractivity contribution in [3.8, 4) is 11.5 Å². The highest BCUT2D eigenvalue weighted by Gasteiger charge is 2.15. The number of hydrogen-bond acceptors (Lipinski definition) is 5. The summed E-state index contributed by atoms with van der Waals surface area (Å²) in [5.41, 5.74) is 1.04. The van der Waals surface area contributed by atoms with Crippen LogP contribution >= 0.6 is 15.9 Å². The largest absolute Gasteiger partial charge is 0.490 e. The Morgan fingerprint density at radius 1 is 1.27 bits per heavy atom. The van der Waals surface area contributed by atoms with Gasteiger partial charge in [-0.3, -0.25) is 14.9 Å². The molecule has 0 atom stereocenters. The number of ether oxygens (including phenoxy) is 2. The van der Waals surface area contributed by atoms with Crippen molar-refractivity contribution < 1.29 is 19.2 Å². The first-order valence-corrected chi connectivity index (χ1v) is 8.75. The number of rotatable bonds is 9. The molecule has 0 aliphatic rings. The monoisotopic (exact) mass is 422 g/mol. The Bertz CT molecular complexity index is 782. The molecule has 2 aromatic rings. The SMILES string of the molecule is COc1cc(OCC(=O)NCCCc2cccc(Br)c2)ccc1[N+](=O)[O-]. The van der Waals surface area contributed by atoms with E-state index in [9.17, 15) is 14.9 Å². The van der Waals surface area contributed by atoms with E-state index in [0.29, 0.717) is 12.3 Å². The van der Waals surface area contributed by atoms with Gasteiger partial charge in [0, 0.05) is 23.2 Å². The van der Waals surface area contributed by atoms with E-state index in [1.165, 1.54) is 30.9 Å². The van der Waals surface area contributed by atoms with Crippen molar-refractivity contribution in [2.75, 3.05) is 20.3 Å². The average Bonchev–Trinajstić information content (AvgIpc) is 2.63. The van der Waals surface area contributed by atoms with E-state index < -0.39 is 4.92 Å². The summed E-state index contributed by atoms with van der Waals surface area (Å²) in [6, 6.07) is 12.1. The Morgan fingerprint density at radius 2 is 2.08 bits per heavy atom. The van der Waals surface area contributed by atoms with Crippen LogP contribution in [0.2, 0.25) is 0 Å². The van der Waals surface area contributed by atoms with Crippen LogP contribution in [0.3, 0.4) is 0 Å². The van der Waals surface area contributed by atoms with Gasteiger partial charge >= 0.3 is 5.69 Å². The van der Waals surface area contributed by atoms with Gasteiger partial charge in [0.15, 0.2) is 6.61 Å². The highest BCUT2D eigenvalue weighted by molar-refractivity contribution is 9.10. The summed E-state index contributed by atoms with van der Waals surface area (Å²) in [5.74, 6) is 0.162. The van der Waals surface area contributed by atoms with Gasteiger partial charge in [-0.15, -0.1) is 0 Å². The summed E-state index contributed by atoms with van der Waals surface area (Å²) in [4.78, 5) is 22.1. The van der Waals surface area contributed by atoms with E-state index in [-0.39, 0.29) is 24.0 Å². The predicted octanol–water partition coefficient (Wildman–Crippen LogP) is 3.49. The molecule has 26 heavy (non-hydrogen) atoms. The molecule has 2 rings (SSSR count). The molecular formula is C18H19BrN2O5. The van der Waals surface area contributed by atoms with Crippen LogP contribution in [-0.2, 0) is 11.2 Å². The molecule has 2 aromatic carbocycles. The lowest BCUT2D eigenvalue weighted by Gasteiger charge is -2.09. The van der Waals surface area contributed by atoms with E-state index in [0.717, 1.165) is 17.3 Å². The smallest absolute Gasteiger partial charge is 0.311 e. The summed E-state index contributed by atoms with van der Waals surface area (Å²) in [6.45, 7) is 0.371. The van der Waals surface area contributed by atoms with Gasteiger partial charge in [0.05, 0.1) is 12.0 Å². The van der Waals surface area contributed by atoms with Gasteiger partial charge in [0.1, 0.15) is 5.75 Å². The summed E-state index contributed by atoms with van der Waals surface area (Å²) >= 11 is 3.43. The van der Waals surface area contributed by atoms with Crippen LogP contribution < -0.4 is 14.8 Å². The first-order valence-electron chi connectivity index (χ1n) is 7.96. The normalized spacial score (nSPS) is 10.2. The number of halogens is 1. The average molecular weight is 423 g/mol. The van der Waals surface area contributed by atoms with Crippen LogP contribution in [0, 0.1) is 10.1 Å². The third kappa shape index (κ3) is 6.03. The van der Waals surface area contributed by atoms with E-state index in [2.05, 4.69) is 21.2 Å². The number of nitro groups is 1. The minimum Gasteiger partial charge on any atom is -0.490 e. The molecule has 0 radical (unpaired) electrons. The molecular weight excluding hydrogens is 404 g/mol. The maximum atomic E-state index is 11.8. The lowest BCUT2D eigenvalue weighted by Crippen LogP contribution is -2.29. The van der Waals surface area contributed by atoms with Crippen molar-refractivity contribution in [1.82, 2.24) is 5.32 Å². The van der Waals surface area contributed by atoms with Gasteiger partial charge in [0.25, 0.3) is 5.91 Å². The van der Waals surface area contributed by atoms with Gasteiger partial charge in [0.2, 0.25) is 5.75 Å². The maximum absolute atomic E-state index is 11.8. The molecule has 0 aromatic heterocycles. The Balaban J connectivity index is 1.74. The number of carbonyl (C=O) groups is 1. The van der Waals surface area contributed by atoms with E-state index in [4.69, 9.17) is 9.47 Å². The zero-order valence-electron chi connectivity index (χ0n) is 14.2. The zero-order chi connectivity index (χ0) is 18.9. The van der Waals surface area contributed by atoms with Crippen LogP contribution in [-0.4, -0.2) is 31.1 Å². The molecule has 7 nitrogen and oxygen atoms in total. The summed E-state index contributed by atoms with van der Waals surface area (Å²) in [6.07, 6.45) is 1.67. The van der Waals surface area contributed by atoms with Gasteiger partial charge < -0.3 is 14.8 Å². The molecule has 8 heteroatoms. The van der Waals surface area contributed by atoms with E-state index in [1.54, 1.807) is 0 Å². The number of carbonyl (C=O) groups excluding carboxylic acids is 1. The van der Waals surface area contributed by atoms with Crippen LogP contribution in [0.15, 0.2) is 46.9 Å². The number of aryl methyl sites for hydroxylation is 1. The fourth-order valence-corrected chi connectivity index (χ4v) is 2.76. The van der Waals surface area contributed by atoms with Gasteiger partial charge in [-0.05, 0) is 36.6 Å². The zero-order valence-corrected chi connectivity index (χ0v) is 15.8. The predicted molar refractivity (Wildman–Crippen MR) is 101 cm³/mol. The molecule has 0 saturated carbocycles. The first-order chi connectivity index (χ1) is 12.5. The highest BCUT2D eigenvalue weighted by Crippen LogP contribution is 2.30. The van der Waals surface area contributed by atoms with Gasteiger partial charge in [-0.2, -0.15) is 0 Å². The maximum Gasteiger partial charge on any atom is 0.311 e. The molecule has 0 saturated heterocycles. The first kappa shape index (κ1) is 19.7. The van der Waals surface area contributed by atoms with E-state index >= 15 is 0 Å². The Hall–Kier alpha value is -2.61. The molecule has 0 aliphatic heterocycles. The highest BCUT2D eigenvalue weighted by atomic mass is 79.9. The van der Waals surface area contributed by atoms with Gasteiger partial charge in [-0.1, -0.05) is 28.1 Å². The standard InChI is InChI=1S/C18H19BrN2O5/c1-25-17-11-15(7-8-16(17)21(23)24)26-12-18(22)20-9-3-5-13-4-2-6-14(19)10-13/h2,4,6-8,10-11H,3,5,9,12H2,1H3,(H,20,22). The Kier molecular flexibility index (Phi) is 7.40. The topological polar surface area (TPSA) is 90.7 Å². The molecule has 138 valence electrons. The number of nitrogens with zero attached hydrogens (tertiary/aromatic N) is 1. The number of amides is 1. The molecule has 1 amide bonds. The van der Waals surface area contributed by atoms with Crippen molar-refractivity contribution in [3.05, 3.63) is 62.6 Å². The van der Waals surface area contributed by atoms with Crippen LogP contribution in [0.25, 0.3) is 0 Å². The van der Waals surface area contributed by atoms with Crippen molar-refractivity contribution >= 4 is 27.5 Å². The fourth-order valence-electron chi connectivity index (χ4n) is 2.31. The van der Waals surface area contributed by atoms with Crippen LogP contribution in [0.4, 0.5) is 5.69 Å². The van der Waals surface area contributed by atoms with Crippen LogP contribution in [0.5, 0.6) is 11.5 Å². The number of nitro benzene ring substituents is 1. The molecule has 0 fully saturated rings. The third-order valence-electron chi connectivity index (χ3n) is 3.57. The Labute approximate surface area is 159 Å². The van der Waals surface area contributed by atoms with Gasteiger partial charge in [-0.25, -0.2) is 0 Å². The summed E-state index contributed by atoms with van der Waals surface area (Å²) in [7, 11) is 1.34. The number of nitrogens with one attached hydrogen (secondary N) is 1. The van der Waals surface area contributed by atoms with Crippen molar-refractivity contribution in [1.29, 1.82) is 0 Å². The lowest BCUT2D eigenvalue weighted by atomic mass is 10.1. The molecule has 1 N–H and O–H groups in total. The van der Waals surface area contributed by atoms with E-state index in [1.807, 2.05) is 24.3 Å².